The molecule has 36 heteroatoms. The van der Waals surface area contributed by atoms with Gasteiger partial charge in [0.2, 0.25) is 17.7 Å². The maximum atomic E-state index is 12.4. The molecule has 0 bridgehead atoms. The van der Waals surface area contributed by atoms with Crippen LogP contribution in [0.1, 0.15) is 354 Å². The van der Waals surface area contributed by atoms with Gasteiger partial charge in [-0.25, -0.2) is 14.4 Å². The molecule has 0 aromatic heterocycles. The smallest absolute Gasteiger partial charge is 0.693 e. The van der Waals surface area contributed by atoms with E-state index in [0.29, 0.717) is 16.2 Å². The van der Waals surface area contributed by atoms with E-state index in [1.807, 2.05) is 0 Å². The maximum absolute atomic E-state index is 12.4. The molecule has 0 radical (unpaired) electrons. The second-order valence-electron chi connectivity index (χ2n) is 44.6. The predicted octanol–water partition coefficient (Wildman–Crippen LogP) is 19.1. The van der Waals surface area contributed by atoms with E-state index in [4.69, 9.17) is 55.1 Å². The molecule has 12 aliphatic carbocycles. The van der Waals surface area contributed by atoms with Gasteiger partial charge in [0.25, 0.3) is 10.2 Å². The van der Waals surface area contributed by atoms with Crippen molar-refractivity contribution in [2.24, 2.45) is 139 Å². The van der Waals surface area contributed by atoms with Crippen molar-refractivity contribution < 1.29 is 154 Å². The topological polar surface area (TPSA) is 578 Å². The molecule has 0 aliphatic heterocycles. The Morgan fingerprint density at radius 3 is 0.841 bits per heavy atom. The number of rotatable bonds is 36. The molecule has 0 heterocycles. The summed E-state index contributed by atoms with van der Waals surface area (Å²) >= 11 is 0. The first-order chi connectivity index (χ1) is 61.8. The SMILES string of the molecule is CC(C)CCC[C@@H](C)[C@H]1CCC2C3CC=C4C[C@@H](OC(=O)NCCNC(=O)CCC(=O)O)CC[C@]4(C)C3CC[C@@]21C.CC(C)CCC[C@H](C)[C@@H]1CCC2C3CC=C4C[C@H](OC(=O)NCCNC(=O)CCC(=O)O)CC[C@@]4(C)C3CC[C@]21C.CC(C)CCC[C@H](C)[C@@H]1CCC2C3CC=C4C[C@H](OC(=O)NCCNC(=O)CCC(=O)[O-])CC[C@@]4(C)C3CC[C@]21C.O=[N+]([O-])O.O=[N+]([O-])O.[Li+].[NH2-].[NH2-].[NH2-].[NH2-].[Pt+2].[Pt+2]. The first kappa shape index (κ1) is 130. The monoisotopic (exact) mass is 2300 g/mol. The van der Waals surface area contributed by atoms with Gasteiger partial charge >= 0.3 is 91.2 Å². The molecule has 6 amide bonds. The predicted molar refractivity (Wildman–Crippen MR) is 520 cm³/mol. The Bertz CT molecular complexity index is 3560. The van der Waals surface area contributed by atoms with Crippen molar-refractivity contribution in [2.75, 3.05) is 39.3 Å². The fourth-order valence-electron chi connectivity index (χ4n) is 28.9. The number of hydrogen-bond acceptors (Lipinski definition) is 17. The van der Waals surface area contributed by atoms with Gasteiger partial charge in [0.15, 0.2) is 0 Å². The Balaban J connectivity index is 0.000000970. The maximum Gasteiger partial charge on any atom is 2.00 e. The Hall–Kier alpha value is -5.94. The van der Waals surface area contributed by atoms with Crippen molar-refractivity contribution in [1.29, 1.82) is 0 Å². The van der Waals surface area contributed by atoms with Gasteiger partial charge in [-0.3, -0.25) is 24.0 Å². The average Bonchev–Trinajstić information content (AvgIpc) is 1.48. The fourth-order valence-corrected chi connectivity index (χ4v) is 28.9. The van der Waals surface area contributed by atoms with Crippen LogP contribution in [0.5, 0.6) is 0 Å². The van der Waals surface area contributed by atoms with E-state index in [0.717, 1.165) is 164 Å². The van der Waals surface area contributed by atoms with E-state index in [-0.39, 0.29) is 216 Å². The number of nitrogens with one attached hydrogen (secondary N) is 6. The average molecular weight is 2300 g/mol. The molecular weight excluding hydrogens is 2130 g/mol. The van der Waals surface area contributed by atoms with Crippen molar-refractivity contribution in [1.82, 2.24) is 31.9 Å². The Labute approximate surface area is 864 Å². The zero-order chi connectivity index (χ0) is 96.5. The van der Waals surface area contributed by atoms with Crippen molar-refractivity contribution in [3.63, 3.8) is 0 Å². The van der Waals surface area contributed by atoms with Crippen LogP contribution in [0.3, 0.4) is 0 Å². The van der Waals surface area contributed by atoms with Crippen molar-refractivity contribution in [3.8, 4) is 0 Å². The summed E-state index contributed by atoms with van der Waals surface area (Å²) in [5.74, 6) is 10.4. The Morgan fingerprint density at radius 1 is 0.370 bits per heavy atom. The number of nitrogens with zero attached hydrogens (tertiary/aromatic N) is 2. The first-order valence-electron chi connectivity index (χ1n) is 50.8. The number of aliphatic carboxylic acids is 3. The molecular formula is C102H177LiN12O21Pt2. The van der Waals surface area contributed by atoms with Crippen LogP contribution in [0.15, 0.2) is 34.9 Å². The van der Waals surface area contributed by atoms with Gasteiger partial charge < -0.3 is 101 Å². The summed E-state index contributed by atoms with van der Waals surface area (Å²) in [5, 5.41) is 71.1. The number of alkyl carbamates (subject to hydrolysis) is 3. The van der Waals surface area contributed by atoms with E-state index in [2.05, 4.69) is 154 Å². The molecule has 0 spiro atoms. The number of carboxylic acid groups (broad SMARTS) is 3. The van der Waals surface area contributed by atoms with Crippen LogP contribution in [0.25, 0.3) is 24.6 Å². The molecule has 0 aromatic rings. The van der Waals surface area contributed by atoms with Crippen molar-refractivity contribution >= 4 is 53.9 Å². The van der Waals surface area contributed by atoms with Gasteiger partial charge in [0.05, 0.1) is 12.8 Å². The summed E-state index contributed by atoms with van der Waals surface area (Å²) in [6.45, 7) is 38.6. The molecule has 12 rings (SSSR count). The van der Waals surface area contributed by atoms with E-state index in [1.54, 1.807) is 0 Å². The number of nitrogens with two attached hydrogens (primary N) is 4. The van der Waals surface area contributed by atoms with Crippen LogP contribution < -0.4 is 55.9 Å². The molecule has 138 heavy (non-hydrogen) atoms. The number of fused-ring (bicyclic) bond motifs is 15. The van der Waals surface area contributed by atoms with E-state index in [9.17, 15) is 48.3 Å². The van der Waals surface area contributed by atoms with E-state index < -0.39 is 46.4 Å². The summed E-state index contributed by atoms with van der Waals surface area (Å²) in [7, 11) is 0. The first-order valence-corrected chi connectivity index (χ1v) is 50.8. The number of carbonyl (C=O) groups excluding carboxylic acids is 7. The normalized spacial score (nSPS) is 31.5. The molecule has 24 atom stereocenters. The van der Waals surface area contributed by atoms with Gasteiger partial charge in [0, 0.05) is 83.8 Å². The largest absolute Gasteiger partial charge is 2.00 e. The second kappa shape index (κ2) is 60.1. The van der Waals surface area contributed by atoms with E-state index >= 15 is 0 Å². The fraction of sp³-hybridized carbons (Fsp3) is 0.853. The van der Waals surface area contributed by atoms with E-state index in [1.165, 1.54) is 171 Å². The molecule has 18 N–H and O–H groups in total. The summed E-state index contributed by atoms with van der Waals surface area (Å²) in [6.07, 6.45) is 45.9. The number of carboxylic acids is 3. The minimum Gasteiger partial charge on any atom is -0.693 e. The number of carbonyl (C=O) groups is 9. The molecule has 9 saturated carbocycles. The molecule has 12 aliphatic rings. The molecule has 9 fully saturated rings. The number of amides is 6. The van der Waals surface area contributed by atoms with Crippen molar-refractivity contribution in [2.45, 2.75) is 373 Å². The molecule has 9 unspecified atom stereocenters. The van der Waals surface area contributed by atoms with Crippen LogP contribution in [-0.2, 0) is 85.1 Å². The second-order valence-corrected chi connectivity index (χ2v) is 44.6. The summed E-state index contributed by atoms with van der Waals surface area (Å²) in [4.78, 5) is 120. The quantitative estimate of drug-likeness (QED) is 0.00695. The zero-order valence-corrected chi connectivity index (χ0v) is 90.8. The minimum absolute atomic E-state index is 0. The third-order valence-corrected chi connectivity index (χ3v) is 35.4. The third-order valence-electron chi connectivity index (χ3n) is 35.4. The van der Waals surface area contributed by atoms with Crippen LogP contribution in [0.2, 0.25) is 0 Å². The van der Waals surface area contributed by atoms with Crippen LogP contribution in [0.4, 0.5) is 14.4 Å². The Kier molecular flexibility index (Phi) is 56.7. The zero-order valence-electron chi connectivity index (χ0n) is 86.2. The third kappa shape index (κ3) is 35.8. The summed E-state index contributed by atoms with van der Waals surface area (Å²) in [6, 6.07) is 0. The van der Waals surface area contributed by atoms with Gasteiger partial charge in [0.1, 0.15) is 18.3 Å². The van der Waals surface area contributed by atoms with Gasteiger partial charge in [-0.2, -0.15) is 0 Å². The molecule has 33 nitrogen and oxygen atoms in total. The van der Waals surface area contributed by atoms with Gasteiger partial charge in [-0.1, -0.05) is 197 Å². The van der Waals surface area contributed by atoms with Crippen LogP contribution >= 0.6 is 0 Å². The van der Waals surface area contributed by atoms with Crippen molar-refractivity contribution in [3.05, 3.63) is 79.8 Å². The number of hydrogen-bond donors (Lipinski definition) is 10. The molecule has 0 saturated heterocycles. The van der Waals surface area contributed by atoms with Crippen LogP contribution in [0, 0.1) is 159 Å². The Morgan fingerprint density at radius 2 is 0.609 bits per heavy atom. The van der Waals surface area contributed by atoms with Gasteiger partial charge in [-0.15, -0.1) is 20.2 Å². The minimum atomic E-state index is -1.50. The number of ether oxygens (including phenoxy) is 3. The number of allylic oxidation sites excluding steroid dienone is 3. The van der Waals surface area contributed by atoms with Gasteiger partial charge in [-0.05, 0) is 280 Å². The summed E-state index contributed by atoms with van der Waals surface area (Å²) < 4.78 is 17.4. The summed E-state index contributed by atoms with van der Waals surface area (Å²) in [5.41, 5.74) is 6.67. The van der Waals surface area contributed by atoms with Crippen LogP contribution in [-0.4, -0.2) is 142 Å². The molecule has 792 valence electrons. The standard InChI is InChI=1S/3C34H56N2O5.Li.2HNO3.4H2N.2Pt/c3*1-22(2)7-6-8-23(3)27-11-12-28-26-10-9-24-21-25(15-17-33(24,4)29(26)16-18-34(27,28)5)41-32(40)36-20-19-35-30(37)13-14-31(38)39;;2*2-1(3)4;;;;;;/h3*9,22-23,25-29H,6-8,10-21H2,1-5H3,(H,35,37)(H,36,40)(H,38,39);;2*(H,2,3,4);4*1H2;;/q;;;+1;;;4*-1;2*+2/p-1/t3*23-,25+,26?,27-,28?,29?,33+,34-;;;;;;;;;/m100........./s1. The molecule has 0 aromatic carbocycles.